The van der Waals surface area contributed by atoms with Crippen LogP contribution in [-0.4, -0.2) is 40.6 Å². The first-order chi connectivity index (χ1) is 15.3. The molecule has 0 aromatic heterocycles. The molecule has 0 radical (unpaired) electrons. The minimum atomic E-state index is -0.995. The van der Waals surface area contributed by atoms with Gasteiger partial charge in [0.1, 0.15) is 0 Å². The molecule has 0 aliphatic carbocycles. The van der Waals surface area contributed by atoms with Crippen molar-refractivity contribution in [2.45, 2.75) is 26.2 Å². The van der Waals surface area contributed by atoms with Gasteiger partial charge in [0, 0.05) is 42.5 Å². The van der Waals surface area contributed by atoms with Crippen LogP contribution in [0, 0.1) is 21.8 Å². The first-order valence-electron chi connectivity index (χ1n) is 10.2. The normalized spacial score (nSPS) is 15.5. The lowest BCUT2D eigenvalue weighted by Gasteiger charge is -2.16. The predicted molar refractivity (Wildman–Crippen MR) is 116 cm³/mol. The monoisotopic (exact) mass is 442 g/mol. The van der Waals surface area contributed by atoms with E-state index in [-0.39, 0.29) is 29.5 Å². The summed E-state index contributed by atoms with van der Waals surface area (Å²) in [5, 5.41) is 16.1. The quantitative estimate of drug-likeness (QED) is 0.478. The summed E-state index contributed by atoms with van der Waals surface area (Å²) in [6, 6.07) is 9.13. The van der Waals surface area contributed by atoms with E-state index in [1.165, 1.54) is 18.2 Å². The number of unbranched alkanes of at least 4 members (excludes halogenated alkanes) is 1. The molecule has 0 bridgehead atoms. The molecule has 0 spiro atoms. The summed E-state index contributed by atoms with van der Waals surface area (Å²) in [5.41, 5.74) is 0.0683. The van der Waals surface area contributed by atoms with Crippen LogP contribution >= 0.6 is 0 Å². The zero-order valence-corrected chi connectivity index (χ0v) is 17.5. The standard InChI is InChI=1S/C22H23FN4O5/c1-2-3-10-26-13-15(11-20(26)28)22(30)24-16-6-4-14(5-7-16)21(29)25-17-8-9-18(23)19(12-17)27(31)32/h4-9,12,15H,2-3,10-11,13H2,1H3,(H,24,30)(H,25,29). The summed E-state index contributed by atoms with van der Waals surface area (Å²) < 4.78 is 13.4. The summed E-state index contributed by atoms with van der Waals surface area (Å²) in [5.74, 6) is -2.24. The van der Waals surface area contributed by atoms with Gasteiger partial charge in [-0.25, -0.2) is 0 Å². The molecule has 1 aliphatic rings. The van der Waals surface area contributed by atoms with E-state index in [4.69, 9.17) is 0 Å². The van der Waals surface area contributed by atoms with E-state index in [1.54, 1.807) is 17.0 Å². The van der Waals surface area contributed by atoms with Gasteiger partial charge in [-0.2, -0.15) is 4.39 Å². The van der Waals surface area contributed by atoms with Crippen LogP contribution < -0.4 is 10.6 Å². The molecule has 1 atom stereocenters. The topological polar surface area (TPSA) is 122 Å². The van der Waals surface area contributed by atoms with Crippen molar-refractivity contribution in [1.82, 2.24) is 4.90 Å². The Morgan fingerprint density at radius 2 is 1.84 bits per heavy atom. The molecular weight excluding hydrogens is 419 g/mol. The summed E-state index contributed by atoms with van der Waals surface area (Å²) >= 11 is 0. The van der Waals surface area contributed by atoms with Gasteiger partial charge in [0.25, 0.3) is 5.91 Å². The van der Waals surface area contributed by atoms with Gasteiger partial charge < -0.3 is 15.5 Å². The molecule has 1 unspecified atom stereocenters. The average Bonchev–Trinajstić information content (AvgIpc) is 3.14. The van der Waals surface area contributed by atoms with E-state index in [9.17, 15) is 28.9 Å². The van der Waals surface area contributed by atoms with Crippen molar-refractivity contribution in [3.05, 3.63) is 64.0 Å². The van der Waals surface area contributed by atoms with Gasteiger partial charge in [-0.1, -0.05) is 13.3 Å². The third-order valence-corrected chi connectivity index (χ3v) is 5.18. The van der Waals surface area contributed by atoms with Gasteiger partial charge in [0.2, 0.25) is 17.6 Å². The van der Waals surface area contributed by atoms with Crippen molar-refractivity contribution >= 4 is 34.8 Å². The second-order valence-corrected chi connectivity index (χ2v) is 7.54. The van der Waals surface area contributed by atoms with Crippen molar-refractivity contribution < 1.29 is 23.7 Å². The molecule has 168 valence electrons. The Bertz CT molecular complexity index is 1040. The third kappa shape index (κ3) is 5.45. The Hall–Kier alpha value is -3.82. The van der Waals surface area contributed by atoms with E-state index in [2.05, 4.69) is 10.6 Å². The maximum Gasteiger partial charge on any atom is 0.306 e. The highest BCUT2D eigenvalue weighted by Crippen LogP contribution is 2.23. The van der Waals surface area contributed by atoms with E-state index >= 15 is 0 Å². The molecule has 9 nitrogen and oxygen atoms in total. The lowest BCUT2D eigenvalue weighted by Crippen LogP contribution is -2.29. The van der Waals surface area contributed by atoms with Crippen LogP contribution in [0.1, 0.15) is 36.5 Å². The van der Waals surface area contributed by atoms with Crippen LogP contribution in [0.25, 0.3) is 0 Å². The molecule has 0 saturated carbocycles. The maximum atomic E-state index is 13.4. The summed E-state index contributed by atoms with van der Waals surface area (Å²) in [7, 11) is 0. The van der Waals surface area contributed by atoms with Gasteiger partial charge in [-0.05, 0) is 42.8 Å². The van der Waals surface area contributed by atoms with Crippen LogP contribution in [0.2, 0.25) is 0 Å². The van der Waals surface area contributed by atoms with Gasteiger partial charge >= 0.3 is 5.69 Å². The second-order valence-electron chi connectivity index (χ2n) is 7.54. The first kappa shape index (κ1) is 22.9. The lowest BCUT2D eigenvalue weighted by molar-refractivity contribution is -0.387. The molecule has 1 fully saturated rings. The minimum absolute atomic E-state index is 0.0216. The number of nitro groups is 1. The number of likely N-dealkylation sites (tertiary alicyclic amines) is 1. The van der Waals surface area contributed by atoms with Gasteiger partial charge in [0.05, 0.1) is 10.8 Å². The highest BCUT2D eigenvalue weighted by atomic mass is 19.1. The molecule has 1 saturated heterocycles. The molecule has 2 aromatic carbocycles. The van der Waals surface area contributed by atoms with E-state index < -0.39 is 28.3 Å². The Kier molecular flexibility index (Phi) is 7.14. The van der Waals surface area contributed by atoms with E-state index in [0.717, 1.165) is 25.0 Å². The molecule has 2 N–H and O–H groups in total. The van der Waals surface area contributed by atoms with Gasteiger partial charge in [-0.15, -0.1) is 0 Å². The van der Waals surface area contributed by atoms with Crippen LogP contribution in [0.3, 0.4) is 0 Å². The largest absolute Gasteiger partial charge is 0.342 e. The Morgan fingerprint density at radius 3 is 2.50 bits per heavy atom. The number of rotatable bonds is 8. The van der Waals surface area contributed by atoms with Crippen LogP contribution in [0.15, 0.2) is 42.5 Å². The van der Waals surface area contributed by atoms with Crippen LogP contribution in [-0.2, 0) is 9.59 Å². The number of anilines is 2. The number of nitrogens with one attached hydrogen (secondary N) is 2. The number of hydrogen-bond acceptors (Lipinski definition) is 5. The van der Waals surface area contributed by atoms with Gasteiger partial charge in [0.15, 0.2) is 0 Å². The SMILES string of the molecule is CCCCN1CC(C(=O)Nc2ccc(C(=O)Nc3ccc(F)c([N+](=O)[O-])c3)cc2)CC1=O. The zero-order valence-electron chi connectivity index (χ0n) is 17.5. The molecule has 32 heavy (non-hydrogen) atoms. The Morgan fingerprint density at radius 1 is 1.16 bits per heavy atom. The molecule has 3 rings (SSSR count). The van der Waals surface area contributed by atoms with Crippen molar-refractivity contribution in [2.75, 3.05) is 23.7 Å². The molecule has 1 heterocycles. The van der Waals surface area contributed by atoms with Gasteiger partial charge in [-0.3, -0.25) is 24.5 Å². The number of hydrogen-bond donors (Lipinski definition) is 2. The zero-order chi connectivity index (χ0) is 23.3. The van der Waals surface area contributed by atoms with Crippen molar-refractivity contribution in [3.8, 4) is 0 Å². The average molecular weight is 442 g/mol. The van der Waals surface area contributed by atoms with Crippen molar-refractivity contribution in [3.63, 3.8) is 0 Å². The smallest absolute Gasteiger partial charge is 0.306 e. The summed E-state index contributed by atoms with van der Waals surface area (Å²) in [4.78, 5) is 48.6. The third-order valence-electron chi connectivity index (χ3n) is 5.18. The lowest BCUT2D eigenvalue weighted by atomic mass is 10.1. The fourth-order valence-corrected chi connectivity index (χ4v) is 3.40. The molecule has 10 heteroatoms. The van der Waals surface area contributed by atoms with Crippen molar-refractivity contribution in [2.24, 2.45) is 5.92 Å². The maximum absolute atomic E-state index is 13.4. The predicted octanol–water partition coefficient (Wildman–Crippen LogP) is 3.57. The first-order valence-corrected chi connectivity index (χ1v) is 10.2. The molecular formula is C22H23FN4O5. The van der Waals surface area contributed by atoms with Crippen molar-refractivity contribution in [1.29, 1.82) is 0 Å². The van der Waals surface area contributed by atoms with Crippen LogP contribution in [0.5, 0.6) is 0 Å². The fourth-order valence-electron chi connectivity index (χ4n) is 3.40. The number of halogens is 1. The number of nitro benzene ring substituents is 1. The number of carbonyl (C=O) groups excluding carboxylic acids is 3. The minimum Gasteiger partial charge on any atom is -0.342 e. The molecule has 1 aliphatic heterocycles. The number of nitrogens with zero attached hydrogens (tertiary/aromatic N) is 2. The fraction of sp³-hybridized carbons (Fsp3) is 0.318. The van der Waals surface area contributed by atoms with E-state index in [1.807, 2.05) is 6.92 Å². The van der Waals surface area contributed by atoms with Crippen LogP contribution in [0.4, 0.5) is 21.5 Å². The highest BCUT2D eigenvalue weighted by molar-refractivity contribution is 6.05. The summed E-state index contributed by atoms with van der Waals surface area (Å²) in [6.45, 7) is 3.09. The summed E-state index contributed by atoms with van der Waals surface area (Å²) in [6.07, 6.45) is 2.05. The van der Waals surface area contributed by atoms with E-state index in [0.29, 0.717) is 18.8 Å². The number of carbonyl (C=O) groups is 3. The highest BCUT2D eigenvalue weighted by Gasteiger charge is 2.33. The number of benzene rings is 2. The second kappa shape index (κ2) is 9.99. The molecule has 2 aromatic rings. The Balaban J connectivity index is 1.58. The molecule has 3 amide bonds. The Labute approximate surface area is 183 Å². The number of amides is 3.